The molecule has 0 radical (unpaired) electrons. The molecule has 222 valence electrons. The van der Waals surface area contributed by atoms with Crippen molar-refractivity contribution in [3.63, 3.8) is 0 Å². The van der Waals surface area contributed by atoms with Gasteiger partial charge < -0.3 is 36.9 Å². The van der Waals surface area contributed by atoms with Gasteiger partial charge in [0, 0.05) is 49.0 Å². The van der Waals surface area contributed by atoms with Crippen LogP contribution in [0.3, 0.4) is 0 Å². The highest BCUT2D eigenvalue weighted by atomic mass is 35.5. The van der Waals surface area contributed by atoms with Crippen LogP contribution < -0.4 is 22.1 Å². The fourth-order valence-corrected chi connectivity index (χ4v) is 5.40. The van der Waals surface area contributed by atoms with E-state index in [0.29, 0.717) is 13.1 Å². The van der Waals surface area contributed by atoms with Gasteiger partial charge in [-0.05, 0) is 0 Å². The highest BCUT2D eigenvalue weighted by molar-refractivity contribution is 8.00. The van der Waals surface area contributed by atoms with E-state index in [9.17, 15) is 23.9 Å². The number of alkyl halides is 1. The first-order valence-corrected chi connectivity index (χ1v) is 12.5. The number of rotatable bonds is 8. The number of halogens is 4. The Labute approximate surface area is 253 Å². The maximum atomic E-state index is 12.9. The summed E-state index contributed by atoms with van der Waals surface area (Å²) in [5.74, 6) is -2.77. The number of piperazine rings is 1. The Morgan fingerprint density at radius 3 is 2.60 bits per heavy atom. The van der Waals surface area contributed by atoms with Crippen LogP contribution in [0, 0.1) is 0 Å². The fourth-order valence-electron chi connectivity index (χ4n) is 3.67. The van der Waals surface area contributed by atoms with Crippen molar-refractivity contribution in [1.82, 2.24) is 29.8 Å². The van der Waals surface area contributed by atoms with E-state index in [1.165, 1.54) is 18.0 Å². The third-order valence-corrected chi connectivity index (χ3v) is 7.22. The number of β-lactam (4-membered cyclic amide) rings is 1. The van der Waals surface area contributed by atoms with Gasteiger partial charge in [-0.1, -0.05) is 5.16 Å². The lowest BCUT2D eigenvalue weighted by atomic mass is 10.0. The molecule has 2 amide bonds. The molecule has 0 unspecified atom stereocenters. The summed E-state index contributed by atoms with van der Waals surface area (Å²) in [7, 11) is 0. The summed E-state index contributed by atoms with van der Waals surface area (Å²) in [6.45, 7) is 1.53. The second-order valence-corrected chi connectivity index (χ2v) is 9.50. The number of guanidine groups is 1. The molecule has 22 heteroatoms. The summed E-state index contributed by atoms with van der Waals surface area (Å²) in [6.07, 6.45) is 1.25. The number of carboxylic acid groups (broad SMARTS) is 1. The predicted octanol–water partition coefficient (Wildman–Crippen LogP) is -1.02. The van der Waals surface area contributed by atoms with Crippen molar-refractivity contribution >= 4 is 101 Å². The van der Waals surface area contributed by atoms with Crippen LogP contribution in [0.15, 0.2) is 26.6 Å². The number of nitrogens with two attached hydrogens (primary N) is 2. The molecule has 0 bridgehead atoms. The molecule has 40 heavy (non-hydrogen) atoms. The van der Waals surface area contributed by atoms with E-state index in [1.807, 2.05) is 4.90 Å². The van der Waals surface area contributed by atoms with E-state index in [0.717, 1.165) is 29.5 Å². The summed E-state index contributed by atoms with van der Waals surface area (Å²) in [5, 5.41) is 26.0. The lowest BCUT2D eigenvalue weighted by Crippen LogP contribution is -2.71. The molecule has 7 N–H and O–H groups in total. The number of thioether (sulfide) groups is 1. The largest absolute Gasteiger partial charge is 0.477 e. The van der Waals surface area contributed by atoms with E-state index in [2.05, 4.69) is 40.2 Å². The number of nitrogen functional groups attached to an aromatic ring is 1. The van der Waals surface area contributed by atoms with Gasteiger partial charge in [0.25, 0.3) is 18.7 Å². The van der Waals surface area contributed by atoms with Gasteiger partial charge in [-0.25, -0.2) is 9.18 Å². The summed E-state index contributed by atoms with van der Waals surface area (Å²) < 4.78 is 16.3. The lowest BCUT2D eigenvalue weighted by molar-refractivity contribution is -0.150. The van der Waals surface area contributed by atoms with Crippen LogP contribution in [-0.4, -0.2) is 110 Å². The van der Waals surface area contributed by atoms with E-state index < -0.39 is 41.8 Å². The zero-order valence-electron chi connectivity index (χ0n) is 20.3. The number of amides is 2. The molecule has 1 aromatic rings. The SMILES string of the molecule is Cl.Cl.Cl.N/C(=N\N=C\C1=C(C(=O)O)N2C(=O)[C@@H](NC(=O)/C(=N\OCF)c3nsc(N)n3)[C@H]2SC1)N1CCNCC1. The second kappa shape index (κ2) is 15.7. The Balaban J connectivity index is 0.00000267. The number of carboxylic acids is 1. The molecule has 0 aliphatic carbocycles. The maximum Gasteiger partial charge on any atom is 0.353 e. The quantitative estimate of drug-likeness (QED) is 0.0974. The molecule has 1 aromatic heterocycles. The number of carbonyl (C=O) groups is 3. The average molecular weight is 665 g/mol. The molecular formula is C18H25Cl3FN11O5S2. The van der Waals surface area contributed by atoms with Crippen LogP contribution >= 0.6 is 60.5 Å². The van der Waals surface area contributed by atoms with Gasteiger partial charge >= 0.3 is 5.97 Å². The van der Waals surface area contributed by atoms with Gasteiger partial charge in [0.1, 0.15) is 17.1 Å². The summed E-state index contributed by atoms with van der Waals surface area (Å²) in [5.41, 5.74) is 11.0. The minimum Gasteiger partial charge on any atom is -0.477 e. The van der Waals surface area contributed by atoms with Crippen molar-refractivity contribution in [2.75, 3.05) is 44.5 Å². The first kappa shape index (κ1) is 35.1. The monoisotopic (exact) mass is 663 g/mol. The number of aromatic nitrogens is 2. The topological polar surface area (TPSA) is 226 Å². The third kappa shape index (κ3) is 7.61. The zero-order valence-corrected chi connectivity index (χ0v) is 24.3. The van der Waals surface area contributed by atoms with Crippen LogP contribution in [0.1, 0.15) is 5.82 Å². The van der Waals surface area contributed by atoms with Crippen LogP contribution in [0.4, 0.5) is 9.52 Å². The number of carbonyl (C=O) groups excluding carboxylic acids is 2. The van der Waals surface area contributed by atoms with E-state index in [-0.39, 0.29) is 71.2 Å². The number of hydrogen-bond donors (Lipinski definition) is 5. The summed E-state index contributed by atoms with van der Waals surface area (Å²) in [6, 6.07) is -1.08. The van der Waals surface area contributed by atoms with E-state index in [4.69, 9.17) is 11.5 Å². The molecular weight excluding hydrogens is 640 g/mol. The average Bonchev–Trinajstić information content (AvgIpc) is 3.33. The Bertz CT molecular complexity index is 1210. The van der Waals surface area contributed by atoms with Gasteiger partial charge in [-0.15, -0.1) is 54.1 Å². The number of anilines is 1. The van der Waals surface area contributed by atoms with Crippen LogP contribution in [-0.2, 0) is 19.2 Å². The van der Waals surface area contributed by atoms with E-state index in [1.54, 1.807) is 0 Å². The van der Waals surface area contributed by atoms with Crippen molar-refractivity contribution in [3.8, 4) is 0 Å². The Hall–Kier alpha value is -2.97. The predicted molar refractivity (Wildman–Crippen MR) is 154 cm³/mol. The second-order valence-electron chi connectivity index (χ2n) is 7.61. The van der Waals surface area contributed by atoms with Crippen LogP contribution in [0.2, 0.25) is 0 Å². The van der Waals surface area contributed by atoms with Gasteiger partial charge in [0.2, 0.25) is 17.5 Å². The maximum absolute atomic E-state index is 12.9. The number of aliphatic carboxylic acids is 1. The molecule has 16 nitrogen and oxygen atoms in total. The van der Waals surface area contributed by atoms with Crippen LogP contribution in [0.5, 0.6) is 0 Å². The number of oxime groups is 1. The number of nitrogens with zero attached hydrogens (tertiary/aromatic N) is 7. The first-order valence-electron chi connectivity index (χ1n) is 10.7. The minimum absolute atomic E-state index is 0. The number of nitrogens with one attached hydrogen (secondary N) is 2. The molecule has 3 aliphatic rings. The molecule has 4 rings (SSSR count). The smallest absolute Gasteiger partial charge is 0.353 e. The normalized spacial score (nSPS) is 21.0. The third-order valence-electron chi connectivity index (χ3n) is 5.37. The van der Waals surface area contributed by atoms with Crippen molar-refractivity contribution < 1.29 is 28.7 Å². The number of fused-ring (bicyclic) bond motifs is 1. The fraction of sp³-hybridized carbons (Fsp3) is 0.444. The Morgan fingerprint density at radius 1 is 1.30 bits per heavy atom. The van der Waals surface area contributed by atoms with Crippen LogP contribution in [0.25, 0.3) is 0 Å². The molecule has 2 saturated heterocycles. The highest BCUT2D eigenvalue weighted by Gasteiger charge is 2.54. The highest BCUT2D eigenvalue weighted by Crippen LogP contribution is 2.40. The van der Waals surface area contributed by atoms with E-state index >= 15 is 0 Å². The molecule has 4 heterocycles. The summed E-state index contributed by atoms with van der Waals surface area (Å²) in [4.78, 5) is 48.7. The first-order chi connectivity index (χ1) is 17.8. The molecule has 3 aliphatic heterocycles. The minimum atomic E-state index is -1.34. The summed E-state index contributed by atoms with van der Waals surface area (Å²) >= 11 is 1.99. The molecule has 0 aromatic carbocycles. The molecule has 0 spiro atoms. The number of hydrogen-bond acceptors (Lipinski definition) is 13. The van der Waals surface area contributed by atoms with Gasteiger partial charge in [-0.3, -0.25) is 14.5 Å². The zero-order chi connectivity index (χ0) is 26.5. The van der Waals surface area contributed by atoms with Gasteiger partial charge in [-0.2, -0.15) is 14.5 Å². The Kier molecular flexibility index (Phi) is 13.8. The van der Waals surface area contributed by atoms with Crippen molar-refractivity contribution in [2.45, 2.75) is 11.4 Å². The molecule has 2 fully saturated rings. The molecule has 0 saturated carbocycles. The van der Waals surface area contributed by atoms with Crippen molar-refractivity contribution in [2.24, 2.45) is 21.1 Å². The lowest BCUT2D eigenvalue weighted by Gasteiger charge is -2.49. The van der Waals surface area contributed by atoms with Gasteiger partial charge in [0.15, 0.2) is 5.13 Å². The Morgan fingerprint density at radius 2 is 2.00 bits per heavy atom. The van der Waals surface area contributed by atoms with Crippen molar-refractivity contribution in [1.29, 1.82) is 0 Å². The standard InChI is InChI=1S/C18H22FN11O5S2.3ClH/c19-7-35-27-9(12-25-18(21)37-28-12)13(31)24-10-14(32)30-11(16(33)34)8(6-36-15(10)30)5-23-26-17(20)29-3-1-22-2-4-29;;;/h5,10,15,22H,1-4,6-7H2,(H2,20,26)(H,24,31)(H,33,34)(H2,21,25,28);3*1H/b23-5+,27-9-;;;/t10-,15-;;;/m1.../s1. The van der Waals surface area contributed by atoms with Crippen molar-refractivity contribution in [3.05, 3.63) is 17.1 Å². The molecule has 2 atom stereocenters. The van der Waals surface area contributed by atoms with Gasteiger partial charge in [0.05, 0.1) is 6.21 Å².